The lowest BCUT2D eigenvalue weighted by atomic mass is 9.73. The monoisotopic (exact) mass is 222 g/mol. The molecule has 0 unspecified atom stereocenters. The summed E-state index contributed by atoms with van der Waals surface area (Å²) in [6, 6.07) is 17.8. The molecule has 0 heterocycles. The van der Waals surface area contributed by atoms with Gasteiger partial charge in [-0.25, -0.2) is 0 Å². The molecule has 1 aliphatic carbocycles. The minimum atomic E-state index is 0.566. The summed E-state index contributed by atoms with van der Waals surface area (Å²) in [4.78, 5) is 0. The van der Waals surface area contributed by atoms with Gasteiger partial charge in [0.1, 0.15) is 0 Å². The quantitative estimate of drug-likeness (QED) is 0.671. The van der Waals surface area contributed by atoms with Crippen molar-refractivity contribution in [2.45, 2.75) is 26.2 Å². The molecule has 3 rings (SSSR count). The van der Waals surface area contributed by atoms with E-state index in [4.69, 9.17) is 0 Å². The molecule has 2 aromatic rings. The molecule has 0 saturated heterocycles. The maximum Gasteiger partial charge on any atom is 0.0118 e. The van der Waals surface area contributed by atoms with Crippen molar-refractivity contribution in [2.24, 2.45) is 5.92 Å². The fourth-order valence-corrected chi connectivity index (χ4v) is 3.09. The highest BCUT2D eigenvalue weighted by atomic mass is 14.3. The summed E-state index contributed by atoms with van der Waals surface area (Å²) in [7, 11) is 0. The highest BCUT2D eigenvalue weighted by molar-refractivity contribution is 5.49. The summed E-state index contributed by atoms with van der Waals surface area (Å²) < 4.78 is 0. The van der Waals surface area contributed by atoms with Gasteiger partial charge in [-0.3, -0.25) is 0 Å². The van der Waals surface area contributed by atoms with Crippen molar-refractivity contribution >= 4 is 0 Å². The van der Waals surface area contributed by atoms with Gasteiger partial charge in [-0.1, -0.05) is 62.4 Å². The second-order valence-electron chi connectivity index (χ2n) is 5.30. The van der Waals surface area contributed by atoms with Crippen molar-refractivity contribution in [3.05, 3.63) is 70.8 Å². The lowest BCUT2D eigenvalue weighted by Crippen LogP contribution is -2.17. The van der Waals surface area contributed by atoms with E-state index in [1.54, 1.807) is 0 Å². The van der Waals surface area contributed by atoms with Crippen LogP contribution in [0.1, 0.15) is 42.0 Å². The normalized spacial score (nSPS) is 14.5. The van der Waals surface area contributed by atoms with Gasteiger partial charge in [0.2, 0.25) is 0 Å². The molecule has 0 radical (unpaired) electrons. The largest absolute Gasteiger partial charge is 0.0620 e. The van der Waals surface area contributed by atoms with E-state index >= 15 is 0 Å². The van der Waals surface area contributed by atoms with Crippen molar-refractivity contribution in [1.82, 2.24) is 0 Å². The van der Waals surface area contributed by atoms with Crippen LogP contribution in [0.3, 0.4) is 0 Å². The Morgan fingerprint density at radius 2 is 1.29 bits per heavy atom. The lowest BCUT2D eigenvalue weighted by molar-refractivity contribution is 0.549. The van der Waals surface area contributed by atoms with Crippen LogP contribution < -0.4 is 0 Å². The number of benzene rings is 2. The van der Waals surface area contributed by atoms with Gasteiger partial charge in [0.25, 0.3) is 0 Å². The standard InChI is InChI=1S/C17H18/c1-12(2)17-15-9-5-3-7-13(15)11-14-8-4-6-10-16(14)17/h3-10,12,17H,11H2,1-2H3. The second kappa shape index (κ2) is 4.03. The van der Waals surface area contributed by atoms with Gasteiger partial charge in [0.15, 0.2) is 0 Å². The van der Waals surface area contributed by atoms with E-state index < -0.39 is 0 Å². The molecular formula is C17H18. The average molecular weight is 222 g/mol. The fourth-order valence-electron chi connectivity index (χ4n) is 3.09. The van der Waals surface area contributed by atoms with E-state index in [2.05, 4.69) is 62.4 Å². The summed E-state index contributed by atoms with van der Waals surface area (Å²) in [5.74, 6) is 1.22. The first-order chi connectivity index (χ1) is 8.27. The van der Waals surface area contributed by atoms with Crippen LogP contribution in [-0.4, -0.2) is 0 Å². The molecule has 0 bridgehead atoms. The van der Waals surface area contributed by atoms with Crippen LogP contribution in [0.2, 0.25) is 0 Å². The zero-order valence-corrected chi connectivity index (χ0v) is 10.5. The van der Waals surface area contributed by atoms with Crippen molar-refractivity contribution < 1.29 is 0 Å². The summed E-state index contributed by atoms with van der Waals surface area (Å²) in [6.07, 6.45) is 1.09. The predicted octanol–water partition coefficient (Wildman–Crippen LogP) is 4.38. The number of fused-ring (bicyclic) bond motifs is 2. The van der Waals surface area contributed by atoms with Gasteiger partial charge in [-0.2, -0.15) is 0 Å². The lowest BCUT2D eigenvalue weighted by Gasteiger charge is -2.31. The molecule has 0 fully saturated rings. The topological polar surface area (TPSA) is 0 Å². The van der Waals surface area contributed by atoms with Gasteiger partial charge in [-0.05, 0) is 34.6 Å². The van der Waals surface area contributed by atoms with Gasteiger partial charge >= 0.3 is 0 Å². The fraction of sp³-hybridized carbons (Fsp3) is 0.294. The first-order valence-corrected chi connectivity index (χ1v) is 6.43. The van der Waals surface area contributed by atoms with E-state index in [1.165, 1.54) is 22.3 Å². The molecule has 17 heavy (non-hydrogen) atoms. The predicted molar refractivity (Wildman–Crippen MR) is 72.4 cm³/mol. The van der Waals surface area contributed by atoms with Crippen LogP contribution in [0.4, 0.5) is 0 Å². The molecule has 0 saturated carbocycles. The van der Waals surface area contributed by atoms with Gasteiger partial charge in [0.05, 0.1) is 0 Å². The van der Waals surface area contributed by atoms with E-state index in [9.17, 15) is 0 Å². The van der Waals surface area contributed by atoms with Crippen LogP contribution in [0, 0.1) is 5.92 Å². The zero-order valence-electron chi connectivity index (χ0n) is 10.5. The van der Waals surface area contributed by atoms with E-state index in [-0.39, 0.29) is 0 Å². The summed E-state index contributed by atoms with van der Waals surface area (Å²) in [5, 5.41) is 0. The molecule has 86 valence electrons. The van der Waals surface area contributed by atoms with Crippen LogP contribution in [0.15, 0.2) is 48.5 Å². The molecule has 0 nitrogen and oxygen atoms in total. The molecule has 0 N–H and O–H groups in total. The number of rotatable bonds is 1. The Balaban J connectivity index is 2.21. The van der Waals surface area contributed by atoms with E-state index in [0.717, 1.165) is 6.42 Å². The highest BCUT2D eigenvalue weighted by Crippen LogP contribution is 2.40. The molecule has 1 aliphatic rings. The van der Waals surface area contributed by atoms with Crippen LogP contribution in [-0.2, 0) is 6.42 Å². The Morgan fingerprint density at radius 1 is 0.824 bits per heavy atom. The number of hydrogen-bond donors (Lipinski definition) is 0. The Hall–Kier alpha value is -1.56. The molecular weight excluding hydrogens is 204 g/mol. The molecule has 0 heteroatoms. The Labute approximate surface area is 103 Å². The molecule has 0 spiro atoms. The molecule has 0 atom stereocenters. The maximum absolute atomic E-state index is 2.32. The molecule has 0 aliphatic heterocycles. The Bertz CT molecular complexity index is 492. The maximum atomic E-state index is 2.32. The van der Waals surface area contributed by atoms with Crippen LogP contribution in [0.5, 0.6) is 0 Å². The van der Waals surface area contributed by atoms with Gasteiger partial charge < -0.3 is 0 Å². The van der Waals surface area contributed by atoms with Crippen molar-refractivity contribution in [1.29, 1.82) is 0 Å². The molecule has 0 aromatic heterocycles. The first-order valence-electron chi connectivity index (χ1n) is 6.43. The van der Waals surface area contributed by atoms with Crippen LogP contribution >= 0.6 is 0 Å². The summed E-state index contributed by atoms with van der Waals surface area (Å²) in [6.45, 7) is 4.65. The Kier molecular flexibility index (Phi) is 2.51. The summed E-state index contributed by atoms with van der Waals surface area (Å²) >= 11 is 0. The second-order valence-corrected chi connectivity index (χ2v) is 5.30. The molecule has 2 aromatic carbocycles. The highest BCUT2D eigenvalue weighted by Gasteiger charge is 2.26. The smallest absolute Gasteiger partial charge is 0.0118 e. The molecule has 0 amide bonds. The van der Waals surface area contributed by atoms with Gasteiger partial charge in [-0.15, -0.1) is 0 Å². The van der Waals surface area contributed by atoms with Crippen molar-refractivity contribution in [2.75, 3.05) is 0 Å². The van der Waals surface area contributed by atoms with E-state index in [1.807, 2.05) is 0 Å². The third kappa shape index (κ3) is 1.68. The van der Waals surface area contributed by atoms with Crippen LogP contribution in [0.25, 0.3) is 0 Å². The minimum Gasteiger partial charge on any atom is -0.0620 e. The third-order valence-corrected chi connectivity index (χ3v) is 3.83. The number of hydrogen-bond acceptors (Lipinski definition) is 0. The third-order valence-electron chi connectivity index (χ3n) is 3.83. The zero-order chi connectivity index (χ0) is 11.8. The minimum absolute atomic E-state index is 0.566. The van der Waals surface area contributed by atoms with Crippen molar-refractivity contribution in [3.8, 4) is 0 Å². The summed E-state index contributed by atoms with van der Waals surface area (Å²) in [5.41, 5.74) is 6.07. The Morgan fingerprint density at radius 3 is 1.76 bits per heavy atom. The SMILES string of the molecule is CC(C)C1c2ccccc2Cc2ccccc21. The average Bonchev–Trinajstić information content (AvgIpc) is 2.35. The van der Waals surface area contributed by atoms with E-state index in [0.29, 0.717) is 11.8 Å². The van der Waals surface area contributed by atoms with Crippen molar-refractivity contribution in [3.63, 3.8) is 0 Å². The first kappa shape index (κ1) is 10.6. The van der Waals surface area contributed by atoms with Gasteiger partial charge in [0, 0.05) is 5.92 Å².